The molecule has 6 heteroatoms. The lowest BCUT2D eigenvalue weighted by Crippen LogP contribution is -2.44. The predicted molar refractivity (Wildman–Crippen MR) is 94.5 cm³/mol. The number of nitrogens with one attached hydrogen (secondary N) is 1. The lowest BCUT2D eigenvalue weighted by molar-refractivity contribution is -0.136. The number of benzene rings is 2. The second kappa shape index (κ2) is 7.66. The molecule has 1 aliphatic rings. The van der Waals surface area contributed by atoms with Crippen LogP contribution in [0, 0.1) is 5.82 Å². The number of aliphatic carboxylic acids is 1. The van der Waals surface area contributed by atoms with Crippen molar-refractivity contribution in [2.24, 2.45) is 0 Å². The van der Waals surface area contributed by atoms with E-state index in [-0.39, 0.29) is 11.5 Å². The fraction of sp³-hybridized carbons (Fsp3) is 0.300. The standard InChI is InChI=1S/C20H20FNO4/c21-17-13-16(7-6-14(17)12-18(23)24)22-19(25)20(8-10-26-11-9-20)15-4-2-1-3-5-15/h1-7,13H,8-12H2,(H,22,25)(H,23,24). The summed E-state index contributed by atoms with van der Waals surface area (Å²) in [5.74, 6) is -1.96. The third-order valence-electron chi connectivity index (χ3n) is 4.76. The summed E-state index contributed by atoms with van der Waals surface area (Å²) in [5, 5.41) is 11.6. The van der Waals surface area contributed by atoms with Gasteiger partial charge in [-0.25, -0.2) is 4.39 Å². The first kappa shape index (κ1) is 18.1. The van der Waals surface area contributed by atoms with Gasteiger partial charge in [-0.1, -0.05) is 36.4 Å². The van der Waals surface area contributed by atoms with Gasteiger partial charge in [0.05, 0.1) is 11.8 Å². The van der Waals surface area contributed by atoms with Crippen molar-refractivity contribution in [3.63, 3.8) is 0 Å². The molecule has 0 saturated carbocycles. The molecule has 1 saturated heterocycles. The Hall–Kier alpha value is -2.73. The molecule has 2 aromatic rings. The van der Waals surface area contributed by atoms with E-state index in [2.05, 4.69) is 5.32 Å². The Kier molecular flexibility index (Phi) is 5.32. The molecule has 26 heavy (non-hydrogen) atoms. The van der Waals surface area contributed by atoms with Gasteiger partial charge in [0.1, 0.15) is 5.82 Å². The number of hydrogen-bond donors (Lipinski definition) is 2. The van der Waals surface area contributed by atoms with Crippen LogP contribution in [0.2, 0.25) is 0 Å². The molecule has 2 aromatic carbocycles. The van der Waals surface area contributed by atoms with Crippen LogP contribution in [-0.4, -0.2) is 30.2 Å². The topological polar surface area (TPSA) is 75.6 Å². The Morgan fingerprint density at radius 1 is 1.12 bits per heavy atom. The Bertz CT molecular complexity index is 801. The number of carbonyl (C=O) groups excluding carboxylic acids is 1. The SMILES string of the molecule is O=C(O)Cc1ccc(NC(=O)C2(c3ccccc3)CCOCC2)cc1F. The first-order valence-corrected chi connectivity index (χ1v) is 8.46. The molecular weight excluding hydrogens is 337 g/mol. The second-order valence-corrected chi connectivity index (χ2v) is 6.39. The van der Waals surface area contributed by atoms with Crippen LogP contribution in [0.5, 0.6) is 0 Å². The van der Waals surface area contributed by atoms with Crippen LogP contribution in [0.15, 0.2) is 48.5 Å². The van der Waals surface area contributed by atoms with Crippen LogP contribution in [0.3, 0.4) is 0 Å². The number of carboxylic acid groups (broad SMARTS) is 1. The maximum atomic E-state index is 14.1. The molecule has 0 aliphatic carbocycles. The number of ether oxygens (including phenoxy) is 1. The van der Waals surface area contributed by atoms with Gasteiger partial charge in [0.2, 0.25) is 5.91 Å². The Morgan fingerprint density at radius 3 is 2.42 bits per heavy atom. The number of carboxylic acids is 1. The molecule has 1 aliphatic heterocycles. The number of hydrogen-bond acceptors (Lipinski definition) is 3. The lowest BCUT2D eigenvalue weighted by Gasteiger charge is -2.36. The maximum absolute atomic E-state index is 14.1. The van der Waals surface area contributed by atoms with E-state index in [0.29, 0.717) is 31.7 Å². The third kappa shape index (κ3) is 3.75. The van der Waals surface area contributed by atoms with Gasteiger partial charge in [-0.15, -0.1) is 0 Å². The van der Waals surface area contributed by atoms with Gasteiger partial charge in [0.15, 0.2) is 0 Å². The van der Waals surface area contributed by atoms with Gasteiger partial charge in [-0.2, -0.15) is 0 Å². The van der Waals surface area contributed by atoms with Crippen LogP contribution in [-0.2, 0) is 26.2 Å². The quantitative estimate of drug-likeness (QED) is 0.862. The highest BCUT2D eigenvalue weighted by atomic mass is 19.1. The van der Waals surface area contributed by atoms with Crippen molar-refractivity contribution < 1.29 is 23.8 Å². The van der Waals surface area contributed by atoms with Gasteiger partial charge >= 0.3 is 5.97 Å². The van der Waals surface area contributed by atoms with Crippen molar-refractivity contribution in [1.29, 1.82) is 0 Å². The number of anilines is 1. The van der Waals surface area contributed by atoms with Gasteiger partial charge in [-0.3, -0.25) is 9.59 Å². The van der Waals surface area contributed by atoms with Gasteiger partial charge < -0.3 is 15.2 Å². The van der Waals surface area contributed by atoms with Gasteiger partial charge in [0, 0.05) is 18.9 Å². The van der Waals surface area contributed by atoms with E-state index in [9.17, 15) is 14.0 Å². The van der Waals surface area contributed by atoms with Gasteiger partial charge in [0.25, 0.3) is 0 Å². The van der Waals surface area contributed by atoms with E-state index in [4.69, 9.17) is 9.84 Å². The molecular formula is C20H20FNO4. The van der Waals surface area contributed by atoms with E-state index >= 15 is 0 Å². The zero-order valence-corrected chi connectivity index (χ0v) is 14.2. The monoisotopic (exact) mass is 357 g/mol. The smallest absolute Gasteiger partial charge is 0.307 e. The van der Waals surface area contributed by atoms with Crippen molar-refractivity contribution in [3.8, 4) is 0 Å². The fourth-order valence-electron chi connectivity index (χ4n) is 3.31. The highest BCUT2D eigenvalue weighted by Crippen LogP contribution is 2.36. The minimum Gasteiger partial charge on any atom is -0.481 e. The van der Waals surface area contributed by atoms with Crippen LogP contribution >= 0.6 is 0 Å². The molecule has 1 heterocycles. The number of carbonyl (C=O) groups is 2. The zero-order valence-electron chi connectivity index (χ0n) is 14.2. The average Bonchev–Trinajstić information content (AvgIpc) is 2.65. The summed E-state index contributed by atoms with van der Waals surface area (Å²) in [4.78, 5) is 23.8. The van der Waals surface area contributed by atoms with Crippen molar-refractivity contribution in [3.05, 3.63) is 65.5 Å². The molecule has 0 bridgehead atoms. The van der Waals surface area contributed by atoms with Crippen LogP contribution < -0.4 is 5.32 Å². The lowest BCUT2D eigenvalue weighted by atomic mass is 9.73. The average molecular weight is 357 g/mol. The van der Waals surface area contributed by atoms with Crippen molar-refractivity contribution in [1.82, 2.24) is 0 Å². The Labute approximate surface area is 150 Å². The van der Waals surface area contributed by atoms with E-state index in [0.717, 1.165) is 11.6 Å². The molecule has 3 rings (SSSR count). The number of amides is 1. The maximum Gasteiger partial charge on any atom is 0.307 e. The summed E-state index contributed by atoms with van der Waals surface area (Å²) in [7, 11) is 0. The first-order chi connectivity index (χ1) is 12.5. The summed E-state index contributed by atoms with van der Waals surface area (Å²) >= 11 is 0. The van der Waals surface area contributed by atoms with E-state index < -0.39 is 23.6 Å². The molecule has 0 aromatic heterocycles. The number of halogens is 1. The molecule has 0 spiro atoms. The molecule has 5 nitrogen and oxygen atoms in total. The zero-order chi connectivity index (χ0) is 18.6. The minimum absolute atomic E-state index is 0.0827. The molecule has 0 atom stereocenters. The largest absolute Gasteiger partial charge is 0.481 e. The van der Waals surface area contributed by atoms with Crippen LogP contribution in [0.4, 0.5) is 10.1 Å². The van der Waals surface area contributed by atoms with Crippen molar-refractivity contribution in [2.45, 2.75) is 24.7 Å². The Balaban J connectivity index is 1.85. The van der Waals surface area contributed by atoms with E-state index in [1.54, 1.807) is 0 Å². The number of rotatable bonds is 5. The molecule has 1 fully saturated rings. The Morgan fingerprint density at radius 2 is 1.81 bits per heavy atom. The summed E-state index contributed by atoms with van der Waals surface area (Å²) in [5.41, 5.74) is 0.571. The predicted octanol–water partition coefficient (Wildman–Crippen LogP) is 3.14. The van der Waals surface area contributed by atoms with Crippen LogP contribution in [0.1, 0.15) is 24.0 Å². The molecule has 2 N–H and O–H groups in total. The summed E-state index contributed by atoms with van der Waals surface area (Å²) in [6.07, 6.45) is 0.691. The van der Waals surface area contributed by atoms with Crippen molar-refractivity contribution in [2.75, 3.05) is 18.5 Å². The summed E-state index contributed by atoms with van der Waals surface area (Å²) in [6.45, 7) is 0.961. The molecule has 1 amide bonds. The molecule has 0 unspecified atom stereocenters. The highest BCUT2D eigenvalue weighted by Gasteiger charge is 2.41. The molecule has 136 valence electrons. The van der Waals surface area contributed by atoms with E-state index in [1.165, 1.54) is 12.1 Å². The summed E-state index contributed by atoms with van der Waals surface area (Å²) in [6, 6.07) is 13.6. The third-order valence-corrected chi connectivity index (χ3v) is 4.76. The normalized spacial score (nSPS) is 16.0. The van der Waals surface area contributed by atoms with Crippen molar-refractivity contribution >= 4 is 17.6 Å². The van der Waals surface area contributed by atoms with E-state index in [1.807, 2.05) is 30.3 Å². The highest BCUT2D eigenvalue weighted by molar-refractivity contribution is 5.99. The minimum atomic E-state index is -1.11. The first-order valence-electron chi connectivity index (χ1n) is 8.46. The fourth-order valence-corrected chi connectivity index (χ4v) is 3.31. The molecule has 0 radical (unpaired) electrons. The second-order valence-electron chi connectivity index (χ2n) is 6.39. The summed E-state index contributed by atoms with van der Waals surface area (Å²) < 4.78 is 19.5. The van der Waals surface area contributed by atoms with Gasteiger partial charge in [-0.05, 0) is 36.1 Å². The van der Waals surface area contributed by atoms with Crippen LogP contribution in [0.25, 0.3) is 0 Å².